The first kappa shape index (κ1) is 9.19. The van der Waals surface area contributed by atoms with Gasteiger partial charge in [0.05, 0.1) is 6.10 Å². The Kier molecular flexibility index (Phi) is 2.41. The van der Waals surface area contributed by atoms with Gasteiger partial charge in [-0.25, -0.2) is 0 Å². The molecule has 0 aromatic heterocycles. The van der Waals surface area contributed by atoms with Crippen LogP contribution in [0, 0.1) is 0 Å². The van der Waals surface area contributed by atoms with Crippen molar-refractivity contribution in [1.29, 1.82) is 0 Å². The first-order valence-electron chi connectivity index (χ1n) is 4.41. The molecule has 0 spiro atoms. The Bertz CT molecular complexity index is 327. The number of rotatable bonds is 0. The quantitative estimate of drug-likeness (QED) is 0.728. The maximum atomic E-state index is 9.86. The molecule has 0 amide bonds. The molecule has 1 aliphatic carbocycles. The van der Waals surface area contributed by atoms with E-state index in [0.29, 0.717) is 0 Å². The monoisotopic (exact) mass is 241 g/mol. The normalized spacial score (nSPS) is 27.0. The number of nitrogens with two attached hydrogens (primary N) is 1. The van der Waals surface area contributed by atoms with Crippen molar-refractivity contribution in [3.05, 3.63) is 33.8 Å². The van der Waals surface area contributed by atoms with Crippen molar-refractivity contribution in [2.75, 3.05) is 0 Å². The van der Waals surface area contributed by atoms with Crippen LogP contribution in [0.15, 0.2) is 22.7 Å². The van der Waals surface area contributed by atoms with E-state index in [0.717, 1.165) is 22.9 Å². The summed E-state index contributed by atoms with van der Waals surface area (Å²) in [5.74, 6) is 0. The Morgan fingerprint density at radius 1 is 1.46 bits per heavy atom. The lowest BCUT2D eigenvalue weighted by Crippen LogP contribution is -2.33. The second kappa shape index (κ2) is 3.40. The lowest BCUT2D eigenvalue weighted by Gasteiger charge is -2.28. The first-order chi connectivity index (χ1) is 6.20. The number of hydrogen-bond acceptors (Lipinski definition) is 2. The van der Waals surface area contributed by atoms with E-state index in [9.17, 15) is 5.11 Å². The highest BCUT2D eigenvalue weighted by atomic mass is 79.9. The SMILES string of the molecule is N[C@@H]1CCc2cccc(Br)c2[C@H]1O. The van der Waals surface area contributed by atoms with Gasteiger partial charge in [0.25, 0.3) is 0 Å². The van der Waals surface area contributed by atoms with Crippen molar-refractivity contribution in [3.63, 3.8) is 0 Å². The molecule has 1 aromatic carbocycles. The topological polar surface area (TPSA) is 46.2 Å². The molecule has 0 radical (unpaired) electrons. The first-order valence-corrected chi connectivity index (χ1v) is 5.20. The smallest absolute Gasteiger partial charge is 0.0954 e. The van der Waals surface area contributed by atoms with E-state index < -0.39 is 6.10 Å². The van der Waals surface area contributed by atoms with E-state index in [1.165, 1.54) is 5.56 Å². The minimum atomic E-state index is -0.515. The molecule has 1 aliphatic rings. The van der Waals surface area contributed by atoms with E-state index in [1.807, 2.05) is 12.1 Å². The Hall–Kier alpha value is -0.380. The van der Waals surface area contributed by atoms with Gasteiger partial charge in [-0.3, -0.25) is 0 Å². The Morgan fingerprint density at radius 2 is 2.23 bits per heavy atom. The summed E-state index contributed by atoms with van der Waals surface area (Å²) < 4.78 is 0.965. The fraction of sp³-hybridized carbons (Fsp3) is 0.400. The molecular formula is C10H12BrNO. The van der Waals surface area contributed by atoms with Crippen molar-refractivity contribution in [2.45, 2.75) is 25.0 Å². The molecule has 2 nitrogen and oxygen atoms in total. The lowest BCUT2D eigenvalue weighted by atomic mass is 9.86. The largest absolute Gasteiger partial charge is 0.387 e. The van der Waals surface area contributed by atoms with Crippen LogP contribution in [0.5, 0.6) is 0 Å². The van der Waals surface area contributed by atoms with Crippen LogP contribution in [0.2, 0.25) is 0 Å². The standard InChI is InChI=1S/C10H12BrNO/c11-7-3-1-2-6-4-5-8(12)10(13)9(6)7/h1-3,8,10,13H,4-5,12H2/t8-,10+/m1/s1. The van der Waals surface area contributed by atoms with E-state index in [2.05, 4.69) is 22.0 Å². The van der Waals surface area contributed by atoms with E-state index in [-0.39, 0.29) is 6.04 Å². The molecule has 0 bridgehead atoms. The molecule has 2 rings (SSSR count). The van der Waals surface area contributed by atoms with E-state index >= 15 is 0 Å². The van der Waals surface area contributed by atoms with Gasteiger partial charge in [-0.05, 0) is 30.0 Å². The number of benzene rings is 1. The van der Waals surface area contributed by atoms with E-state index in [1.54, 1.807) is 0 Å². The number of aliphatic hydroxyl groups is 1. The van der Waals surface area contributed by atoms with Gasteiger partial charge in [-0.2, -0.15) is 0 Å². The molecule has 0 heterocycles. The summed E-state index contributed by atoms with van der Waals surface area (Å²) in [4.78, 5) is 0. The number of fused-ring (bicyclic) bond motifs is 1. The van der Waals surface area contributed by atoms with Gasteiger partial charge >= 0.3 is 0 Å². The van der Waals surface area contributed by atoms with Crippen LogP contribution < -0.4 is 5.73 Å². The molecule has 0 saturated heterocycles. The molecule has 2 atom stereocenters. The Morgan fingerprint density at radius 3 is 3.00 bits per heavy atom. The zero-order valence-corrected chi connectivity index (χ0v) is 8.79. The zero-order valence-electron chi connectivity index (χ0n) is 7.20. The molecule has 0 fully saturated rings. The summed E-state index contributed by atoms with van der Waals surface area (Å²) in [7, 11) is 0. The number of hydrogen-bond donors (Lipinski definition) is 2. The van der Waals surface area contributed by atoms with Crippen LogP contribution in [-0.2, 0) is 6.42 Å². The van der Waals surface area contributed by atoms with Crippen molar-refractivity contribution in [2.24, 2.45) is 5.73 Å². The summed E-state index contributed by atoms with van der Waals surface area (Å²) in [6, 6.07) is 5.87. The van der Waals surface area contributed by atoms with Gasteiger partial charge in [-0.15, -0.1) is 0 Å². The maximum Gasteiger partial charge on any atom is 0.0954 e. The fourth-order valence-corrected chi connectivity index (χ4v) is 2.47. The van der Waals surface area contributed by atoms with Gasteiger partial charge in [0.2, 0.25) is 0 Å². The van der Waals surface area contributed by atoms with Gasteiger partial charge in [0.15, 0.2) is 0 Å². The second-order valence-electron chi connectivity index (χ2n) is 3.46. The average molecular weight is 242 g/mol. The number of aliphatic hydroxyl groups excluding tert-OH is 1. The number of aryl methyl sites for hydroxylation is 1. The lowest BCUT2D eigenvalue weighted by molar-refractivity contribution is 0.133. The van der Waals surface area contributed by atoms with Crippen LogP contribution in [-0.4, -0.2) is 11.1 Å². The minimum Gasteiger partial charge on any atom is -0.387 e. The predicted octanol–water partition coefficient (Wildman–Crippen LogP) is 1.76. The predicted molar refractivity (Wildman–Crippen MR) is 55.4 cm³/mol. The molecule has 0 aliphatic heterocycles. The third kappa shape index (κ3) is 1.52. The number of halogens is 1. The van der Waals surface area contributed by atoms with Crippen LogP contribution in [0.1, 0.15) is 23.7 Å². The third-order valence-corrected chi connectivity index (χ3v) is 3.28. The summed E-state index contributed by atoms with van der Waals surface area (Å²) in [6.45, 7) is 0. The molecule has 0 unspecified atom stereocenters. The summed E-state index contributed by atoms with van der Waals surface area (Å²) in [5, 5.41) is 9.86. The maximum absolute atomic E-state index is 9.86. The Balaban J connectivity index is 2.51. The van der Waals surface area contributed by atoms with Crippen molar-refractivity contribution in [1.82, 2.24) is 0 Å². The van der Waals surface area contributed by atoms with Gasteiger partial charge in [-0.1, -0.05) is 28.1 Å². The van der Waals surface area contributed by atoms with Crippen molar-refractivity contribution >= 4 is 15.9 Å². The van der Waals surface area contributed by atoms with Crippen LogP contribution >= 0.6 is 15.9 Å². The van der Waals surface area contributed by atoms with Crippen molar-refractivity contribution < 1.29 is 5.11 Å². The second-order valence-corrected chi connectivity index (χ2v) is 4.31. The molecule has 70 valence electrons. The van der Waals surface area contributed by atoms with Gasteiger partial charge in [0, 0.05) is 10.5 Å². The van der Waals surface area contributed by atoms with Crippen molar-refractivity contribution in [3.8, 4) is 0 Å². The van der Waals surface area contributed by atoms with Crippen LogP contribution in [0.3, 0.4) is 0 Å². The highest BCUT2D eigenvalue weighted by Gasteiger charge is 2.26. The van der Waals surface area contributed by atoms with Gasteiger partial charge in [0.1, 0.15) is 0 Å². The van der Waals surface area contributed by atoms with Crippen LogP contribution in [0.4, 0.5) is 0 Å². The highest BCUT2D eigenvalue weighted by Crippen LogP contribution is 2.34. The third-order valence-electron chi connectivity index (χ3n) is 2.59. The summed E-state index contributed by atoms with van der Waals surface area (Å²) in [5.41, 5.74) is 7.98. The minimum absolute atomic E-state index is 0.119. The summed E-state index contributed by atoms with van der Waals surface area (Å²) >= 11 is 3.43. The molecule has 0 saturated carbocycles. The highest BCUT2D eigenvalue weighted by molar-refractivity contribution is 9.10. The summed E-state index contributed by atoms with van der Waals surface area (Å²) in [6.07, 6.45) is 1.32. The fourth-order valence-electron chi connectivity index (χ4n) is 1.83. The molecular weight excluding hydrogens is 230 g/mol. The zero-order chi connectivity index (χ0) is 9.42. The molecule has 3 N–H and O–H groups in total. The van der Waals surface area contributed by atoms with E-state index in [4.69, 9.17) is 5.73 Å². The molecule has 13 heavy (non-hydrogen) atoms. The molecule has 3 heteroatoms. The van der Waals surface area contributed by atoms with Gasteiger partial charge < -0.3 is 10.8 Å². The Labute approximate surface area is 85.9 Å². The van der Waals surface area contributed by atoms with Crippen LogP contribution in [0.25, 0.3) is 0 Å². The molecule has 1 aromatic rings. The average Bonchev–Trinajstić information content (AvgIpc) is 2.12.